The van der Waals surface area contributed by atoms with Gasteiger partial charge in [0.25, 0.3) is 0 Å². The Morgan fingerprint density at radius 3 is 2.38 bits per heavy atom. The van der Waals surface area contributed by atoms with Crippen molar-refractivity contribution < 1.29 is 15.0 Å². The van der Waals surface area contributed by atoms with Gasteiger partial charge in [0.15, 0.2) is 11.5 Å². The molecule has 0 aromatic carbocycles. The van der Waals surface area contributed by atoms with Crippen molar-refractivity contribution in [2.24, 2.45) is 0 Å². The molecular weight excluding hydrogens is 108 g/mol. The van der Waals surface area contributed by atoms with Crippen molar-refractivity contribution in [3.05, 3.63) is 12.0 Å². The molecule has 2 N–H and O–H groups in total. The molecule has 0 aliphatic heterocycles. The molecule has 0 fully saturated rings. The summed E-state index contributed by atoms with van der Waals surface area (Å²) in [4.78, 5) is 10.3. The standard InChI is InChI=1S/C5H8O3/c1-2-4(7)5(8)3-6/h3,6,8H,2H2,1H3/b5-3+. The van der Waals surface area contributed by atoms with E-state index >= 15 is 0 Å². The summed E-state index contributed by atoms with van der Waals surface area (Å²) in [6.45, 7) is 1.60. The Morgan fingerprint density at radius 2 is 2.25 bits per heavy atom. The second-order valence-electron chi connectivity index (χ2n) is 1.29. The van der Waals surface area contributed by atoms with Crippen LogP contribution in [0.4, 0.5) is 0 Å². The molecule has 0 bridgehead atoms. The highest BCUT2D eigenvalue weighted by atomic mass is 16.3. The third kappa shape index (κ3) is 1.64. The zero-order valence-electron chi connectivity index (χ0n) is 4.59. The van der Waals surface area contributed by atoms with Crippen LogP contribution in [0.3, 0.4) is 0 Å². The van der Waals surface area contributed by atoms with E-state index in [2.05, 4.69) is 0 Å². The Balaban J connectivity index is 3.83. The molecule has 0 saturated carbocycles. The van der Waals surface area contributed by atoms with Crippen molar-refractivity contribution in [1.82, 2.24) is 0 Å². The average Bonchev–Trinajstić information content (AvgIpc) is 1.84. The molecule has 0 aliphatic rings. The van der Waals surface area contributed by atoms with Crippen LogP contribution in [0.2, 0.25) is 0 Å². The summed E-state index contributed by atoms with van der Waals surface area (Å²) in [6.07, 6.45) is 0.606. The topological polar surface area (TPSA) is 57.5 Å². The highest BCUT2D eigenvalue weighted by Gasteiger charge is 2.01. The van der Waals surface area contributed by atoms with Gasteiger partial charge in [-0.05, 0) is 0 Å². The van der Waals surface area contributed by atoms with E-state index in [1.165, 1.54) is 0 Å². The first kappa shape index (κ1) is 7.01. The number of hydrogen-bond donors (Lipinski definition) is 2. The summed E-state index contributed by atoms with van der Waals surface area (Å²) in [6, 6.07) is 0. The Morgan fingerprint density at radius 1 is 1.75 bits per heavy atom. The zero-order chi connectivity index (χ0) is 6.57. The monoisotopic (exact) mass is 116 g/mol. The summed E-state index contributed by atoms with van der Waals surface area (Å²) >= 11 is 0. The SMILES string of the molecule is CCC(=O)/C(O)=C\O. The predicted molar refractivity (Wildman–Crippen MR) is 28.6 cm³/mol. The molecule has 0 aromatic rings. The lowest BCUT2D eigenvalue weighted by atomic mass is 10.3. The van der Waals surface area contributed by atoms with Crippen LogP contribution in [0.5, 0.6) is 0 Å². The third-order valence-corrected chi connectivity index (χ3v) is 0.729. The molecule has 0 rings (SSSR count). The van der Waals surface area contributed by atoms with Crippen LogP contribution in [0.1, 0.15) is 13.3 Å². The van der Waals surface area contributed by atoms with Gasteiger partial charge in [-0.15, -0.1) is 0 Å². The van der Waals surface area contributed by atoms with E-state index in [0.29, 0.717) is 6.26 Å². The molecule has 0 aliphatic carbocycles. The minimum Gasteiger partial charge on any atom is -0.512 e. The first-order valence-electron chi connectivity index (χ1n) is 2.29. The lowest BCUT2D eigenvalue weighted by Gasteiger charge is -1.89. The fourth-order valence-electron chi connectivity index (χ4n) is 0.253. The number of Topliss-reactive ketones (excluding diaryl/α,β-unsaturated/α-hetero) is 1. The largest absolute Gasteiger partial charge is 0.512 e. The van der Waals surface area contributed by atoms with E-state index in [0.717, 1.165) is 0 Å². The van der Waals surface area contributed by atoms with Gasteiger partial charge in [0.2, 0.25) is 0 Å². The van der Waals surface area contributed by atoms with Gasteiger partial charge in [0, 0.05) is 6.42 Å². The predicted octanol–water partition coefficient (Wildman–Crippen LogP) is 0.923. The number of ketones is 1. The van der Waals surface area contributed by atoms with Crippen molar-refractivity contribution in [3.63, 3.8) is 0 Å². The van der Waals surface area contributed by atoms with Gasteiger partial charge in [-0.1, -0.05) is 6.92 Å². The molecule has 46 valence electrons. The number of carbonyl (C=O) groups excluding carboxylic acids is 1. The number of aliphatic hydroxyl groups excluding tert-OH is 2. The third-order valence-electron chi connectivity index (χ3n) is 0.729. The van der Waals surface area contributed by atoms with Crippen molar-refractivity contribution in [3.8, 4) is 0 Å². The Hall–Kier alpha value is -0.990. The van der Waals surface area contributed by atoms with Gasteiger partial charge in [-0.3, -0.25) is 4.79 Å². The van der Waals surface area contributed by atoms with E-state index in [1.54, 1.807) is 6.92 Å². The molecule has 0 unspecified atom stereocenters. The van der Waals surface area contributed by atoms with Crippen LogP contribution in [-0.2, 0) is 4.79 Å². The molecule has 0 amide bonds. The minimum absolute atomic E-state index is 0.211. The summed E-state index contributed by atoms with van der Waals surface area (Å²) in [5.74, 6) is -1.03. The molecule has 0 aromatic heterocycles. The van der Waals surface area contributed by atoms with E-state index in [4.69, 9.17) is 10.2 Å². The maximum atomic E-state index is 10.3. The van der Waals surface area contributed by atoms with Gasteiger partial charge in [0.05, 0.1) is 0 Å². The number of carbonyl (C=O) groups is 1. The van der Waals surface area contributed by atoms with Gasteiger partial charge >= 0.3 is 0 Å². The fraction of sp³-hybridized carbons (Fsp3) is 0.400. The highest BCUT2D eigenvalue weighted by molar-refractivity contribution is 5.92. The molecular formula is C5H8O3. The molecule has 0 heterocycles. The van der Waals surface area contributed by atoms with Crippen molar-refractivity contribution in [2.75, 3.05) is 0 Å². The number of hydrogen-bond acceptors (Lipinski definition) is 3. The molecule has 0 saturated heterocycles. The Bertz CT molecular complexity index is 115. The Labute approximate surface area is 47.3 Å². The smallest absolute Gasteiger partial charge is 0.200 e. The van der Waals surface area contributed by atoms with Crippen LogP contribution < -0.4 is 0 Å². The molecule has 3 heteroatoms. The highest BCUT2D eigenvalue weighted by Crippen LogP contribution is 1.91. The molecule has 8 heavy (non-hydrogen) atoms. The Kier molecular flexibility index (Phi) is 2.69. The van der Waals surface area contributed by atoms with E-state index < -0.39 is 11.5 Å². The van der Waals surface area contributed by atoms with Gasteiger partial charge in [-0.2, -0.15) is 0 Å². The lowest BCUT2D eigenvalue weighted by Crippen LogP contribution is -1.98. The van der Waals surface area contributed by atoms with Gasteiger partial charge < -0.3 is 10.2 Å². The van der Waals surface area contributed by atoms with Crippen molar-refractivity contribution >= 4 is 5.78 Å². The normalized spacial score (nSPS) is 11.4. The fourth-order valence-corrected chi connectivity index (χ4v) is 0.253. The maximum absolute atomic E-state index is 10.3. The van der Waals surface area contributed by atoms with Crippen molar-refractivity contribution in [1.29, 1.82) is 0 Å². The van der Waals surface area contributed by atoms with Crippen LogP contribution in [0.15, 0.2) is 12.0 Å². The molecule has 0 spiro atoms. The summed E-state index contributed by atoms with van der Waals surface area (Å²) in [7, 11) is 0. The van der Waals surface area contributed by atoms with Crippen LogP contribution in [-0.4, -0.2) is 16.0 Å². The molecule has 0 atom stereocenters. The maximum Gasteiger partial charge on any atom is 0.200 e. The van der Waals surface area contributed by atoms with Crippen LogP contribution in [0.25, 0.3) is 0 Å². The summed E-state index contributed by atoms with van der Waals surface area (Å²) in [5, 5.41) is 16.4. The second kappa shape index (κ2) is 3.07. The average molecular weight is 116 g/mol. The molecule has 0 radical (unpaired) electrons. The minimum atomic E-state index is -0.576. The van der Waals surface area contributed by atoms with Crippen LogP contribution in [0, 0.1) is 0 Å². The van der Waals surface area contributed by atoms with Gasteiger partial charge in [0.1, 0.15) is 6.26 Å². The lowest BCUT2D eigenvalue weighted by molar-refractivity contribution is -0.117. The first-order valence-corrected chi connectivity index (χ1v) is 2.29. The molecule has 3 nitrogen and oxygen atoms in total. The first-order chi connectivity index (χ1) is 3.72. The number of rotatable bonds is 2. The summed E-state index contributed by atoms with van der Waals surface area (Å²) < 4.78 is 0. The zero-order valence-corrected chi connectivity index (χ0v) is 4.59. The number of allylic oxidation sites excluding steroid dienone is 1. The number of aliphatic hydroxyl groups is 2. The quantitative estimate of drug-likeness (QED) is 0.416. The van der Waals surface area contributed by atoms with E-state index in [1.807, 2.05) is 0 Å². The van der Waals surface area contributed by atoms with Crippen molar-refractivity contribution in [2.45, 2.75) is 13.3 Å². The van der Waals surface area contributed by atoms with Crippen LogP contribution >= 0.6 is 0 Å². The van der Waals surface area contributed by atoms with E-state index in [-0.39, 0.29) is 6.42 Å². The van der Waals surface area contributed by atoms with E-state index in [9.17, 15) is 4.79 Å². The van der Waals surface area contributed by atoms with Gasteiger partial charge in [-0.25, -0.2) is 0 Å². The summed E-state index contributed by atoms with van der Waals surface area (Å²) in [5.41, 5.74) is 0. The second-order valence-corrected chi connectivity index (χ2v) is 1.29.